The number of nitrogens with one attached hydrogen (secondary N) is 2. The molecule has 174 valence electrons. The summed E-state index contributed by atoms with van der Waals surface area (Å²) in [5.74, 6) is -0.335. The molecule has 2 saturated heterocycles. The number of hydrogen-bond donors (Lipinski definition) is 2. The Balaban J connectivity index is 1.48. The number of aromatic nitrogens is 2. The van der Waals surface area contributed by atoms with Gasteiger partial charge in [0.15, 0.2) is 0 Å². The van der Waals surface area contributed by atoms with Crippen molar-refractivity contribution in [1.82, 2.24) is 14.5 Å². The third kappa shape index (κ3) is 4.47. The minimum Gasteiger partial charge on any atom is -0.370 e. The molecule has 5 rings (SSSR count). The summed E-state index contributed by atoms with van der Waals surface area (Å²) in [7, 11) is -3.69. The Bertz CT molecular complexity index is 1260. The fourth-order valence-corrected chi connectivity index (χ4v) is 6.48. The molecule has 33 heavy (non-hydrogen) atoms. The van der Waals surface area contributed by atoms with Crippen LogP contribution in [-0.4, -0.2) is 55.0 Å². The standard InChI is InChI=1S/C24H29N5O3S/c30-24(26-20-8-9-21-19(15-20)17-25-27-21)18-7-10-22(28-11-3-1-4-12-28)23(16-18)33(31,32)29-13-5-2-6-14-29/h7-10,15-17H,1-6,11-14H2,(H,25,27)(H,26,30). The van der Waals surface area contributed by atoms with Crippen molar-refractivity contribution in [3.63, 3.8) is 0 Å². The Labute approximate surface area is 194 Å². The Kier molecular flexibility index (Phi) is 6.07. The summed E-state index contributed by atoms with van der Waals surface area (Å²) >= 11 is 0. The molecule has 3 aromatic rings. The van der Waals surface area contributed by atoms with Crippen LogP contribution in [0.4, 0.5) is 11.4 Å². The number of anilines is 2. The molecule has 0 aliphatic carbocycles. The molecule has 1 aromatic heterocycles. The van der Waals surface area contributed by atoms with Gasteiger partial charge in [0.05, 0.1) is 17.4 Å². The van der Waals surface area contributed by atoms with Crippen molar-refractivity contribution in [2.45, 2.75) is 43.4 Å². The lowest BCUT2D eigenvalue weighted by Crippen LogP contribution is -2.37. The molecule has 2 aliphatic heterocycles. The van der Waals surface area contributed by atoms with E-state index in [2.05, 4.69) is 20.4 Å². The minimum absolute atomic E-state index is 0.240. The van der Waals surface area contributed by atoms with Gasteiger partial charge in [-0.15, -0.1) is 0 Å². The number of aromatic amines is 1. The Morgan fingerprint density at radius 1 is 0.909 bits per heavy atom. The fourth-order valence-electron chi connectivity index (χ4n) is 4.73. The number of amides is 1. The summed E-state index contributed by atoms with van der Waals surface area (Å²) in [5.41, 5.74) is 2.55. The second-order valence-corrected chi connectivity index (χ2v) is 10.7. The van der Waals surface area contributed by atoms with Crippen LogP contribution < -0.4 is 10.2 Å². The largest absolute Gasteiger partial charge is 0.370 e. The molecule has 3 heterocycles. The second-order valence-electron chi connectivity index (χ2n) is 8.82. The first-order valence-electron chi connectivity index (χ1n) is 11.7. The van der Waals surface area contributed by atoms with E-state index in [1.54, 1.807) is 34.8 Å². The first-order valence-corrected chi connectivity index (χ1v) is 13.1. The molecule has 1 amide bonds. The number of nitrogens with zero attached hydrogens (tertiary/aromatic N) is 3. The molecule has 9 heteroatoms. The molecule has 2 aromatic carbocycles. The van der Waals surface area contributed by atoms with Gasteiger partial charge in [-0.1, -0.05) is 6.42 Å². The number of sulfonamides is 1. The van der Waals surface area contributed by atoms with E-state index < -0.39 is 10.0 Å². The number of hydrogen-bond acceptors (Lipinski definition) is 5. The third-order valence-corrected chi connectivity index (χ3v) is 8.48. The van der Waals surface area contributed by atoms with Crippen LogP contribution in [0.5, 0.6) is 0 Å². The van der Waals surface area contributed by atoms with Crippen molar-refractivity contribution in [3.8, 4) is 0 Å². The van der Waals surface area contributed by atoms with Crippen LogP contribution in [0.3, 0.4) is 0 Å². The number of carbonyl (C=O) groups excluding carboxylic acids is 1. The van der Waals surface area contributed by atoms with Crippen molar-refractivity contribution in [3.05, 3.63) is 48.2 Å². The van der Waals surface area contributed by atoms with Gasteiger partial charge in [-0.2, -0.15) is 9.40 Å². The molecule has 0 bridgehead atoms. The highest BCUT2D eigenvalue weighted by Crippen LogP contribution is 2.32. The van der Waals surface area contributed by atoms with Crippen molar-refractivity contribution < 1.29 is 13.2 Å². The van der Waals surface area contributed by atoms with Gasteiger partial charge >= 0.3 is 0 Å². The van der Waals surface area contributed by atoms with Gasteiger partial charge in [0.25, 0.3) is 5.91 Å². The second kappa shape index (κ2) is 9.15. The molecule has 8 nitrogen and oxygen atoms in total. The fraction of sp³-hybridized carbons (Fsp3) is 0.417. The molecule has 0 radical (unpaired) electrons. The number of carbonyl (C=O) groups is 1. The van der Waals surface area contributed by atoms with Gasteiger partial charge in [-0.25, -0.2) is 8.42 Å². The summed E-state index contributed by atoms with van der Waals surface area (Å²) in [6.45, 7) is 2.73. The van der Waals surface area contributed by atoms with Crippen LogP contribution in [0.25, 0.3) is 10.9 Å². The normalized spacial score (nSPS) is 17.9. The van der Waals surface area contributed by atoms with Crippen molar-refractivity contribution >= 4 is 38.2 Å². The maximum Gasteiger partial charge on any atom is 0.255 e. The SMILES string of the molecule is O=C(Nc1ccc2[nH]ncc2c1)c1ccc(N2CCCCC2)c(S(=O)(=O)N2CCCCC2)c1. The topological polar surface area (TPSA) is 98.4 Å². The van der Waals surface area contributed by atoms with Crippen molar-refractivity contribution in [1.29, 1.82) is 0 Å². The maximum atomic E-state index is 13.7. The lowest BCUT2D eigenvalue weighted by Gasteiger charge is -2.33. The smallest absolute Gasteiger partial charge is 0.255 e. The number of H-pyrrole nitrogens is 1. The maximum absolute atomic E-state index is 13.7. The monoisotopic (exact) mass is 467 g/mol. The lowest BCUT2D eigenvalue weighted by atomic mass is 10.1. The molecule has 2 aliphatic rings. The van der Waals surface area contributed by atoms with E-state index in [1.807, 2.05) is 12.1 Å². The van der Waals surface area contributed by atoms with Crippen LogP contribution in [0.1, 0.15) is 48.9 Å². The Morgan fingerprint density at radius 3 is 2.39 bits per heavy atom. The highest BCUT2D eigenvalue weighted by Gasteiger charge is 2.31. The molecule has 0 saturated carbocycles. The van der Waals surface area contributed by atoms with E-state index in [0.717, 1.165) is 62.5 Å². The zero-order valence-corrected chi connectivity index (χ0v) is 19.4. The average Bonchev–Trinajstić information content (AvgIpc) is 3.33. The predicted molar refractivity (Wildman–Crippen MR) is 129 cm³/mol. The highest BCUT2D eigenvalue weighted by atomic mass is 32.2. The number of fused-ring (bicyclic) bond motifs is 1. The molecule has 2 N–H and O–H groups in total. The summed E-state index contributed by atoms with van der Waals surface area (Å²) in [4.78, 5) is 15.5. The molecule has 0 atom stereocenters. The average molecular weight is 468 g/mol. The number of benzene rings is 2. The summed E-state index contributed by atoms with van der Waals surface area (Å²) in [6.07, 6.45) is 7.73. The van der Waals surface area contributed by atoms with Gasteiger partial charge in [0.2, 0.25) is 10.0 Å². The number of piperidine rings is 2. The first-order chi connectivity index (χ1) is 16.0. The Morgan fingerprint density at radius 2 is 1.64 bits per heavy atom. The van der Waals surface area contributed by atoms with Crippen LogP contribution in [0.15, 0.2) is 47.5 Å². The third-order valence-electron chi connectivity index (χ3n) is 6.55. The number of rotatable bonds is 5. The van der Waals surface area contributed by atoms with E-state index in [1.165, 1.54) is 0 Å². The van der Waals surface area contributed by atoms with E-state index >= 15 is 0 Å². The van der Waals surface area contributed by atoms with Gasteiger partial charge in [0, 0.05) is 42.8 Å². The van der Waals surface area contributed by atoms with Crippen LogP contribution in [-0.2, 0) is 10.0 Å². The molecule has 2 fully saturated rings. The van der Waals surface area contributed by atoms with Crippen LogP contribution in [0.2, 0.25) is 0 Å². The van der Waals surface area contributed by atoms with Crippen LogP contribution in [0, 0.1) is 0 Å². The zero-order chi connectivity index (χ0) is 22.8. The quantitative estimate of drug-likeness (QED) is 0.591. The summed E-state index contributed by atoms with van der Waals surface area (Å²) < 4.78 is 28.9. The first kappa shape index (κ1) is 21.9. The molecule has 0 spiro atoms. The molecular weight excluding hydrogens is 438 g/mol. The van der Waals surface area contributed by atoms with E-state index in [9.17, 15) is 13.2 Å². The highest BCUT2D eigenvalue weighted by molar-refractivity contribution is 7.89. The van der Waals surface area contributed by atoms with Gasteiger partial charge in [0.1, 0.15) is 4.90 Å². The van der Waals surface area contributed by atoms with Crippen LogP contribution >= 0.6 is 0 Å². The van der Waals surface area contributed by atoms with E-state index in [4.69, 9.17) is 0 Å². The lowest BCUT2D eigenvalue weighted by molar-refractivity contribution is 0.102. The Hall–Kier alpha value is -2.91. The summed E-state index contributed by atoms with van der Waals surface area (Å²) in [6, 6.07) is 10.6. The van der Waals surface area contributed by atoms with Gasteiger partial charge in [-0.3, -0.25) is 9.89 Å². The molecular formula is C24H29N5O3S. The van der Waals surface area contributed by atoms with Crippen molar-refractivity contribution in [2.24, 2.45) is 0 Å². The van der Waals surface area contributed by atoms with Gasteiger partial charge < -0.3 is 10.2 Å². The van der Waals surface area contributed by atoms with E-state index in [-0.39, 0.29) is 10.8 Å². The van der Waals surface area contributed by atoms with E-state index in [0.29, 0.717) is 30.0 Å². The van der Waals surface area contributed by atoms with Crippen molar-refractivity contribution in [2.75, 3.05) is 36.4 Å². The summed E-state index contributed by atoms with van der Waals surface area (Å²) in [5, 5.41) is 10.7. The zero-order valence-electron chi connectivity index (χ0n) is 18.6. The molecule has 0 unspecified atom stereocenters. The van der Waals surface area contributed by atoms with Gasteiger partial charge in [-0.05, 0) is 68.5 Å². The predicted octanol–water partition coefficient (Wildman–Crippen LogP) is 3.98. The minimum atomic E-state index is -3.69.